The van der Waals surface area contributed by atoms with Gasteiger partial charge in [0.15, 0.2) is 17.3 Å². The Hall–Kier alpha value is -2.90. The molecule has 27 heavy (non-hydrogen) atoms. The molecule has 1 fully saturated rings. The summed E-state index contributed by atoms with van der Waals surface area (Å²) < 4.78 is 11.0. The van der Waals surface area contributed by atoms with Crippen molar-refractivity contribution in [1.29, 1.82) is 0 Å². The second kappa shape index (κ2) is 7.77. The normalized spacial score (nSPS) is 17.4. The van der Waals surface area contributed by atoms with E-state index in [2.05, 4.69) is 20.4 Å². The van der Waals surface area contributed by atoms with Crippen LogP contribution in [-0.2, 0) is 12.8 Å². The summed E-state index contributed by atoms with van der Waals surface area (Å²) in [6.45, 7) is 3.79. The highest BCUT2D eigenvalue weighted by atomic mass is 16.5. The molecule has 8 heteroatoms. The van der Waals surface area contributed by atoms with E-state index in [0.29, 0.717) is 43.5 Å². The van der Waals surface area contributed by atoms with Crippen LogP contribution in [0.1, 0.15) is 43.3 Å². The quantitative estimate of drug-likeness (QED) is 0.743. The van der Waals surface area contributed by atoms with Crippen LogP contribution < -0.4 is 5.32 Å². The molecule has 0 saturated carbocycles. The molecule has 1 N–H and O–H groups in total. The number of benzene rings is 1. The summed E-state index contributed by atoms with van der Waals surface area (Å²) in [5.41, 5.74) is 1.65. The van der Waals surface area contributed by atoms with Crippen molar-refractivity contribution in [3.05, 3.63) is 41.9 Å². The van der Waals surface area contributed by atoms with Gasteiger partial charge in [-0.1, -0.05) is 24.2 Å². The topological polar surface area (TPSA) is 97.3 Å². The lowest BCUT2D eigenvalue weighted by Gasteiger charge is -2.31. The number of hydrogen-bond acceptors (Lipinski definition) is 6. The third-order valence-electron chi connectivity index (χ3n) is 4.81. The van der Waals surface area contributed by atoms with Gasteiger partial charge < -0.3 is 19.2 Å². The van der Waals surface area contributed by atoms with Crippen LogP contribution in [0.25, 0.3) is 11.1 Å². The van der Waals surface area contributed by atoms with Crippen molar-refractivity contribution in [2.75, 3.05) is 19.6 Å². The second-order valence-corrected chi connectivity index (χ2v) is 6.74. The monoisotopic (exact) mass is 369 g/mol. The first-order valence-electron chi connectivity index (χ1n) is 9.42. The number of hydrogen-bond donors (Lipinski definition) is 1. The summed E-state index contributed by atoms with van der Waals surface area (Å²) in [5.74, 6) is 2.08. The molecular formula is C19H23N5O3. The van der Waals surface area contributed by atoms with Crippen LogP contribution >= 0.6 is 0 Å². The lowest BCUT2D eigenvalue weighted by atomic mass is 9.98. The van der Waals surface area contributed by atoms with Gasteiger partial charge in [-0.15, -0.1) is 0 Å². The first-order valence-corrected chi connectivity index (χ1v) is 9.42. The molecule has 8 nitrogen and oxygen atoms in total. The summed E-state index contributed by atoms with van der Waals surface area (Å²) in [5, 5.41) is 6.84. The first kappa shape index (κ1) is 17.5. The van der Waals surface area contributed by atoms with E-state index in [9.17, 15) is 4.79 Å². The van der Waals surface area contributed by atoms with Crippen molar-refractivity contribution in [2.24, 2.45) is 0 Å². The smallest absolute Gasteiger partial charge is 0.317 e. The Morgan fingerprint density at radius 1 is 1.33 bits per heavy atom. The Balaban J connectivity index is 1.32. The van der Waals surface area contributed by atoms with Gasteiger partial charge in [0.25, 0.3) is 0 Å². The van der Waals surface area contributed by atoms with E-state index < -0.39 is 0 Å². The minimum atomic E-state index is -0.0741. The Morgan fingerprint density at radius 2 is 2.22 bits per heavy atom. The fourth-order valence-electron chi connectivity index (χ4n) is 3.36. The number of likely N-dealkylation sites (tertiary alicyclic amines) is 1. The summed E-state index contributed by atoms with van der Waals surface area (Å²) in [6, 6.07) is 7.67. The SMILES string of the molecule is CCc1nc(CCNC(=O)N2CCCC(c3nc4ccccc4o3)C2)no1. The van der Waals surface area contributed by atoms with E-state index in [4.69, 9.17) is 8.94 Å². The maximum Gasteiger partial charge on any atom is 0.317 e. The van der Waals surface area contributed by atoms with Gasteiger partial charge in [-0.3, -0.25) is 0 Å². The van der Waals surface area contributed by atoms with Crippen molar-refractivity contribution in [3.63, 3.8) is 0 Å². The van der Waals surface area contributed by atoms with Crippen molar-refractivity contribution in [2.45, 2.75) is 38.5 Å². The summed E-state index contributed by atoms with van der Waals surface area (Å²) in [4.78, 5) is 23.2. The van der Waals surface area contributed by atoms with E-state index in [-0.39, 0.29) is 11.9 Å². The average Bonchev–Trinajstić information content (AvgIpc) is 3.34. The van der Waals surface area contributed by atoms with Crippen LogP contribution in [0.15, 0.2) is 33.2 Å². The predicted octanol–water partition coefficient (Wildman–Crippen LogP) is 2.90. The van der Waals surface area contributed by atoms with Gasteiger partial charge in [0.1, 0.15) is 5.52 Å². The van der Waals surface area contributed by atoms with Crippen molar-refractivity contribution >= 4 is 17.1 Å². The Kier molecular flexibility index (Phi) is 5.04. The molecule has 1 aliphatic heterocycles. The molecular weight excluding hydrogens is 346 g/mol. The summed E-state index contributed by atoms with van der Waals surface area (Å²) in [7, 11) is 0. The molecule has 3 heterocycles. The summed E-state index contributed by atoms with van der Waals surface area (Å²) in [6.07, 6.45) is 3.17. The van der Waals surface area contributed by atoms with E-state index in [1.165, 1.54) is 0 Å². The van der Waals surface area contributed by atoms with Crippen LogP contribution in [0.5, 0.6) is 0 Å². The maximum absolute atomic E-state index is 12.5. The fourth-order valence-corrected chi connectivity index (χ4v) is 3.36. The van der Waals surface area contributed by atoms with E-state index in [1.54, 1.807) is 0 Å². The van der Waals surface area contributed by atoms with Gasteiger partial charge in [-0.2, -0.15) is 4.98 Å². The number of rotatable bonds is 5. The van der Waals surface area contributed by atoms with Crippen LogP contribution in [-0.4, -0.2) is 45.7 Å². The number of fused-ring (bicyclic) bond motifs is 1. The molecule has 0 bridgehead atoms. The fraction of sp³-hybridized carbons (Fsp3) is 0.474. The minimum Gasteiger partial charge on any atom is -0.440 e. The number of nitrogens with zero attached hydrogens (tertiary/aromatic N) is 4. The number of aryl methyl sites for hydroxylation is 1. The third kappa shape index (κ3) is 3.94. The molecule has 1 aliphatic rings. The number of piperidine rings is 1. The Labute approximate surface area is 156 Å². The zero-order chi connectivity index (χ0) is 18.6. The van der Waals surface area contributed by atoms with E-state index >= 15 is 0 Å². The lowest BCUT2D eigenvalue weighted by Crippen LogP contribution is -2.45. The van der Waals surface area contributed by atoms with Crippen molar-refractivity contribution in [1.82, 2.24) is 25.3 Å². The number of oxazole rings is 1. The number of para-hydroxylation sites is 2. The minimum absolute atomic E-state index is 0.0741. The van der Waals surface area contributed by atoms with Crippen molar-refractivity contribution < 1.29 is 13.7 Å². The highest BCUT2D eigenvalue weighted by molar-refractivity contribution is 5.74. The highest BCUT2D eigenvalue weighted by Crippen LogP contribution is 2.28. The number of carbonyl (C=O) groups excluding carboxylic acids is 1. The number of nitrogens with one attached hydrogen (secondary N) is 1. The molecule has 1 saturated heterocycles. The third-order valence-corrected chi connectivity index (χ3v) is 4.81. The Bertz CT molecular complexity index is 886. The van der Waals surface area contributed by atoms with Gasteiger partial charge in [0.05, 0.1) is 5.92 Å². The number of urea groups is 1. The molecule has 0 radical (unpaired) electrons. The molecule has 1 aromatic carbocycles. The van der Waals surface area contributed by atoms with Gasteiger partial charge in [-0.25, -0.2) is 9.78 Å². The molecule has 4 rings (SSSR count). The second-order valence-electron chi connectivity index (χ2n) is 6.74. The maximum atomic E-state index is 12.5. The number of carbonyl (C=O) groups is 1. The highest BCUT2D eigenvalue weighted by Gasteiger charge is 2.28. The molecule has 0 aliphatic carbocycles. The van der Waals surface area contributed by atoms with Crippen LogP contribution in [0.2, 0.25) is 0 Å². The molecule has 2 aromatic heterocycles. The number of amides is 2. The Morgan fingerprint density at radius 3 is 3.04 bits per heavy atom. The predicted molar refractivity (Wildman–Crippen MR) is 98.3 cm³/mol. The summed E-state index contributed by atoms with van der Waals surface area (Å²) >= 11 is 0. The molecule has 3 aromatic rings. The standard InChI is InChI=1S/C19H23N5O3/c1-2-17-22-16(23-27-17)9-10-20-19(25)24-11-5-6-13(12-24)18-21-14-7-3-4-8-15(14)26-18/h3-4,7-8,13H,2,5-6,9-12H2,1H3,(H,20,25). The average molecular weight is 369 g/mol. The van der Waals surface area contributed by atoms with Crippen LogP contribution in [0, 0.1) is 0 Å². The van der Waals surface area contributed by atoms with E-state index in [0.717, 1.165) is 30.5 Å². The zero-order valence-electron chi connectivity index (χ0n) is 15.4. The van der Waals surface area contributed by atoms with E-state index in [1.807, 2.05) is 36.1 Å². The zero-order valence-corrected chi connectivity index (χ0v) is 15.4. The van der Waals surface area contributed by atoms with Gasteiger partial charge in [0, 0.05) is 32.5 Å². The molecule has 2 amide bonds. The molecule has 1 atom stereocenters. The van der Waals surface area contributed by atoms with Crippen LogP contribution in [0.4, 0.5) is 4.79 Å². The van der Waals surface area contributed by atoms with Gasteiger partial charge in [-0.05, 0) is 25.0 Å². The molecule has 1 unspecified atom stereocenters. The van der Waals surface area contributed by atoms with Gasteiger partial charge >= 0.3 is 6.03 Å². The van der Waals surface area contributed by atoms with Gasteiger partial charge in [0.2, 0.25) is 5.89 Å². The largest absolute Gasteiger partial charge is 0.440 e. The lowest BCUT2D eigenvalue weighted by molar-refractivity contribution is 0.175. The molecule has 142 valence electrons. The number of aromatic nitrogens is 3. The first-order chi connectivity index (χ1) is 13.2. The molecule has 0 spiro atoms. The van der Waals surface area contributed by atoms with Crippen LogP contribution in [0.3, 0.4) is 0 Å². The van der Waals surface area contributed by atoms with Crippen molar-refractivity contribution in [3.8, 4) is 0 Å².